The zero-order chi connectivity index (χ0) is 8.81. The molecule has 0 aromatic carbocycles. The van der Waals surface area contributed by atoms with E-state index in [1.807, 2.05) is 0 Å². The minimum absolute atomic E-state index is 0.290. The van der Waals surface area contributed by atoms with Gasteiger partial charge >= 0.3 is 0 Å². The molecule has 0 aliphatic heterocycles. The van der Waals surface area contributed by atoms with E-state index >= 15 is 0 Å². The third-order valence-corrected chi connectivity index (χ3v) is 1.40. The van der Waals surface area contributed by atoms with Crippen molar-refractivity contribution in [3.05, 3.63) is 18.2 Å². The van der Waals surface area contributed by atoms with Crippen LogP contribution in [0.2, 0.25) is 0 Å². The number of nitrogens with one attached hydrogen (secondary N) is 2. The molecular weight excluding hydrogens is 156 g/mol. The van der Waals surface area contributed by atoms with Crippen molar-refractivity contribution >= 4 is 5.91 Å². The summed E-state index contributed by atoms with van der Waals surface area (Å²) in [6, 6.07) is 0. The summed E-state index contributed by atoms with van der Waals surface area (Å²) < 4.78 is 0. The Morgan fingerprint density at radius 1 is 1.75 bits per heavy atom. The second kappa shape index (κ2) is 4.50. The smallest absolute Gasteiger partial charge is 0.218 e. The van der Waals surface area contributed by atoms with Crippen molar-refractivity contribution in [1.82, 2.24) is 15.3 Å². The molecule has 66 valence electrons. The number of hydrogen-bond acceptors (Lipinski definition) is 3. The van der Waals surface area contributed by atoms with Crippen LogP contribution in [0.5, 0.6) is 0 Å². The summed E-state index contributed by atoms with van der Waals surface area (Å²) in [5.74, 6) is 0.571. The Hall–Kier alpha value is -1.36. The molecule has 5 heteroatoms. The van der Waals surface area contributed by atoms with Crippen molar-refractivity contribution in [3.8, 4) is 0 Å². The lowest BCUT2D eigenvalue weighted by Gasteiger charge is -1.98. The van der Waals surface area contributed by atoms with Crippen molar-refractivity contribution in [2.75, 3.05) is 6.54 Å². The average molecular weight is 168 g/mol. The standard InChI is InChI=1S/C7H12N4O/c8-6(12)1-2-9-5-7-10-3-4-11-7/h3-4,9H,1-2,5H2,(H2,8,12)(H,10,11). The van der Waals surface area contributed by atoms with Gasteiger partial charge in [-0.1, -0.05) is 0 Å². The average Bonchev–Trinajstić information content (AvgIpc) is 2.49. The summed E-state index contributed by atoms with van der Waals surface area (Å²) in [5.41, 5.74) is 4.95. The Labute approximate surface area is 70.4 Å². The van der Waals surface area contributed by atoms with Crippen LogP contribution in [-0.4, -0.2) is 22.4 Å². The molecule has 4 N–H and O–H groups in total. The van der Waals surface area contributed by atoms with E-state index in [-0.39, 0.29) is 5.91 Å². The van der Waals surface area contributed by atoms with E-state index in [2.05, 4.69) is 15.3 Å². The van der Waals surface area contributed by atoms with E-state index in [0.717, 1.165) is 5.82 Å². The number of nitrogens with zero attached hydrogens (tertiary/aromatic N) is 1. The first-order valence-electron chi connectivity index (χ1n) is 3.76. The van der Waals surface area contributed by atoms with Crippen LogP contribution in [-0.2, 0) is 11.3 Å². The summed E-state index contributed by atoms with van der Waals surface area (Å²) in [4.78, 5) is 17.3. The van der Waals surface area contributed by atoms with Gasteiger partial charge in [0.25, 0.3) is 0 Å². The minimum Gasteiger partial charge on any atom is -0.370 e. The maximum Gasteiger partial charge on any atom is 0.218 e. The van der Waals surface area contributed by atoms with Gasteiger partial charge in [0, 0.05) is 25.4 Å². The fourth-order valence-electron chi connectivity index (χ4n) is 0.813. The van der Waals surface area contributed by atoms with Crippen molar-refractivity contribution in [2.45, 2.75) is 13.0 Å². The number of aromatic nitrogens is 2. The molecule has 0 unspecified atom stereocenters. The second-order valence-corrected chi connectivity index (χ2v) is 2.43. The molecule has 0 spiro atoms. The molecule has 1 aromatic rings. The summed E-state index contributed by atoms with van der Waals surface area (Å²) >= 11 is 0. The number of H-pyrrole nitrogens is 1. The van der Waals surface area contributed by atoms with Crippen LogP contribution in [0.25, 0.3) is 0 Å². The number of nitrogens with two attached hydrogens (primary N) is 1. The van der Waals surface area contributed by atoms with Gasteiger partial charge in [0.05, 0.1) is 6.54 Å². The maximum atomic E-state index is 10.3. The predicted octanol–water partition coefficient (Wildman–Crippen LogP) is -0.625. The fourth-order valence-corrected chi connectivity index (χ4v) is 0.813. The SMILES string of the molecule is NC(=O)CCNCc1ncc[nH]1. The van der Waals surface area contributed by atoms with E-state index in [1.165, 1.54) is 0 Å². The number of carbonyl (C=O) groups is 1. The topological polar surface area (TPSA) is 83.8 Å². The van der Waals surface area contributed by atoms with Gasteiger partial charge in [0.1, 0.15) is 5.82 Å². The number of imidazole rings is 1. The summed E-state index contributed by atoms with van der Waals surface area (Å²) in [7, 11) is 0. The van der Waals surface area contributed by atoms with Gasteiger partial charge in [-0.25, -0.2) is 4.98 Å². The third kappa shape index (κ3) is 3.16. The van der Waals surface area contributed by atoms with Crippen LogP contribution >= 0.6 is 0 Å². The van der Waals surface area contributed by atoms with Crippen molar-refractivity contribution in [3.63, 3.8) is 0 Å². The van der Waals surface area contributed by atoms with Crippen LogP contribution in [0, 0.1) is 0 Å². The molecule has 1 amide bonds. The lowest BCUT2D eigenvalue weighted by Crippen LogP contribution is -2.21. The fraction of sp³-hybridized carbons (Fsp3) is 0.429. The van der Waals surface area contributed by atoms with Gasteiger partial charge in [-0.05, 0) is 0 Å². The molecule has 0 aliphatic rings. The quantitative estimate of drug-likeness (QED) is 0.512. The van der Waals surface area contributed by atoms with Gasteiger partial charge in [0.2, 0.25) is 5.91 Å². The first kappa shape index (κ1) is 8.73. The lowest BCUT2D eigenvalue weighted by molar-refractivity contribution is -0.117. The predicted molar refractivity (Wildman–Crippen MR) is 44.1 cm³/mol. The van der Waals surface area contributed by atoms with Crippen LogP contribution in [0.1, 0.15) is 12.2 Å². The van der Waals surface area contributed by atoms with E-state index < -0.39 is 0 Å². The van der Waals surface area contributed by atoms with Gasteiger partial charge < -0.3 is 16.0 Å². The molecule has 1 heterocycles. The van der Waals surface area contributed by atoms with Gasteiger partial charge in [-0.15, -0.1) is 0 Å². The monoisotopic (exact) mass is 168 g/mol. The normalized spacial score (nSPS) is 10.0. The third-order valence-electron chi connectivity index (χ3n) is 1.40. The van der Waals surface area contributed by atoms with E-state index in [4.69, 9.17) is 5.73 Å². The highest BCUT2D eigenvalue weighted by Gasteiger charge is 1.95. The molecule has 0 saturated heterocycles. The highest BCUT2D eigenvalue weighted by molar-refractivity contribution is 5.73. The zero-order valence-electron chi connectivity index (χ0n) is 6.71. The van der Waals surface area contributed by atoms with Crippen LogP contribution in [0.15, 0.2) is 12.4 Å². The molecule has 0 bridgehead atoms. The van der Waals surface area contributed by atoms with Crippen molar-refractivity contribution in [1.29, 1.82) is 0 Å². The van der Waals surface area contributed by atoms with E-state index in [9.17, 15) is 4.79 Å². The second-order valence-electron chi connectivity index (χ2n) is 2.43. The largest absolute Gasteiger partial charge is 0.370 e. The molecule has 0 saturated carbocycles. The highest BCUT2D eigenvalue weighted by Crippen LogP contribution is 1.86. The summed E-state index contributed by atoms with van der Waals surface area (Å²) in [5, 5.41) is 3.02. The first-order valence-corrected chi connectivity index (χ1v) is 3.76. The Kier molecular flexibility index (Phi) is 3.28. The van der Waals surface area contributed by atoms with E-state index in [1.54, 1.807) is 12.4 Å². The Morgan fingerprint density at radius 3 is 3.17 bits per heavy atom. The maximum absolute atomic E-state index is 10.3. The molecule has 0 fully saturated rings. The molecule has 0 radical (unpaired) electrons. The highest BCUT2D eigenvalue weighted by atomic mass is 16.1. The Bertz CT molecular complexity index is 232. The summed E-state index contributed by atoms with van der Waals surface area (Å²) in [6.07, 6.45) is 3.80. The number of primary amides is 1. The Morgan fingerprint density at radius 2 is 2.58 bits per heavy atom. The zero-order valence-corrected chi connectivity index (χ0v) is 6.71. The van der Waals surface area contributed by atoms with Crippen LogP contribution in [0.3, 0.4) is 0 Å². The number of aromatic amines is 1. The molecule has 1 aromatic heterocycles. The van der Waals surface area contributed by atoms with Crippen molar-refractivity contribution in [2.24, 2.45) is 5.73 Å². The van der Waals surface area contributed by atoms with Gasteiger partial charge in [0.15, 0.2) is 0 Å². The number of rotatable bonds is 5. The minimum atomic E-state index is -0.290. The number of amides is 1. The molecular formula is C7H12N4O. The summed E-state index contributed by atoms with van der Waals surface area (Å²) in [6.45, 7) is 1.23. The molecule has 12 heavy (non-hydrogen) atoms. The first-order chi connectivity index (χ1) is 5.79. The van der Waals surface area contributed by atoms with Crippen LogP contribution < -0.4 is 11.1 Å². The van der Waals surface area contributed by atoms with Crippen LogP contribution in [0.4, 0.5) is 0 Å². The molecule has 1 rings (SSSR count). The molecule has 0 aliphatic carbocycles. The molecule has 0 atom stereocenters. The van der Waals surface area contributed by atoms with Crippen molar-refractivity contribution < 1.29 is 4.79 Å². The van der Waals surface area contributed by atoms with Gasteiger partial charge in [-0.3, -0.25) is 4.79 Å². The number of hydrogen-bond donors (Lipinski definition) is 3. The number of carbonyl (C=O) groups excluding carboxylic acids is 1. The Balaban J connectivity index is 2.07. The van der Waals surface area contributed by atoms with Gasteiger partial charge in [-0.2, -0.15) is 0 Å². The molecule has 5 nitrogen and oxygen atoms in total. The van der Waals surface area contributed by atoms with E-state index in [0.29, 0.717) is 19.5 Å². The lowest BCUT2D eigenvalue weighted by atomic mass is 10.4.